The SMILES string of the molecule is CC(C)(C)OC(=O)NCCC(=O)N=C1S[C@@H]2CS(=O)(=O)C[C@@H]2N1[C@H]1C[C@H]2CC[C@H]1C2. The summed E-state index contributed by atoms with van der Waals surface area (Å²) in [5.41, 5.74) is -0.589. The van der Waals surface area contributed by atoms with Crippen molar-refractivity contribution in [3.63, 3.8) is 0 Å². The Morgan fingerprint density at radius 2 is 1.97 bits per heavy atom. The number of aliphatic imine (C=N–C) groups is 1. The summed E-state index contributed by atoms with van der Waals surface area (Å²) in [5.74, 6) is 1.31. The molecule has 4 aliphatic rings. The first-order chi connectivity index (χ1) is 14.0. The van der Waals surface area contributed by atoms with Crippen molar-refractivity contribution < 1.29 is 22.7 Å². The van der Waals surface area contributed by atoms with Crippen molar-refractivity contribution in [1.82, 2.24) is 10.2 Å². The van der Waals surface area contributed by atoms with E-state index in [-0.39, 0.29) is 41.7 Å². The van der Waals surface area contributed by atoms with Crippen molar-refractivity contribution in [1.29, 1.82) is 0 Å². The fraction of sp³-hybridized carbons (Fsp3) is 0.850. The Balaban J connectivity index is 1.41. The number of ether oxygens (including phenoxy) is 1. The van der Waals surface area contributed by atoms with Gasteiger partial charge < -0.3 is 15.0 Å². The molecule has 0 aromatic heterocycles. The topological polar surface area (TPSA) is 105 Å². The highest BCUT2D eigenvalue weighted by molar-refractivity contribution is 8.15. The quantitative estimate of drug-likeness (QED) is 0.690. The lowest BCUT2D eigenvalue weighted by Crippen LogP contribution is -2.47. The number of amidine groups is 1. The van der Waals surface area contributed by atoms with E-state index in [9.17, 15) is 18.0 Å². The molecular formula is C20H31N3O5S2. The normalized spacial score (nSPS) is 35.6. The highest BCUT2D eigenvalue weighted by Crippen LogP contribution is 2.51. The minimum absolute atomic E-state index is 0.0411. The summed E-state index contributed by atoms with van der Waals surface area (Å²) in [6.45, 7) is 5.50. The number of fused-ring (bicyclic) bond motifs is 3. The zero-order valence-corrected chi connectivity index (χ0v) is 19.4. The number of sulfone groups is 1. The van der Waals surface area contributed by atoms with Crippen LogP contribution in [0.15, 0.2) is 4.99 Å². The van der Waals surface area contributed by atoms with E-state index in [1.165, 1.54) is 31.0 Å². The van der Waals surface area contributed by atoms with E-state index in [2.05, 4.69) is 15.2 Å². The average molecular weight is 458 g/mol. The lowest BCUT2D eigenvalue weighted by Gasteiger charge is -2.36. The third-order valence-electron chi connectivity index (χ3n) is 6.39. The van der Waals surface area contributed by atoms with Crippen molar-refractivity contribution in [3.8, 4) is 0 Å². The number of thioether (sulfide) groups is 1. The maximum Gasteiger partial charge on any atom is 0.407 e. The van der Waals surface area contributed by atoms with Crippen LogP contribution in [0.4, 0.5) is 4.79 Å². The molecule has 2 aliphatic carbocycles. The van der Waals surface area contributed by atoms with E-state index < -0.39 is 21.5 Å². The molecule has 0 radical (unpaired) electrons. The number of rotatable bonds is 4. The van der Waals surface area contributed by atoms with Gasteiger partial charge in [0.2, 0.25) is 5.91 Å². The molecule has 2 heterocycles. The Hall–Kier alpha value is -1.29. The summed E-state index contributed by atoms with van der Waals surface area (Å²) in [6.07, 6.45) is 4.25. The monoisotopic (exact) mass is 457 g/mol. The Bertz CT molecular complexity index is 851. The molecule has 2 aliphatic heterocycles. The van der Waals surface area contributed by atoms with Gasteiger partial charge in [0.25, 0.3) is 0 Å². The maximum absolute atomic E-state index is 12.5. The first kappa shape index (κ1) is 21.9. The van der Waals surface area contributed by atoms with Crippen LogP contribution in [-0.4, -0.2) is 71.5 Å². The highest BCUT2D eigenvalue weighted by atomic mass is 32.2. The number of carbonyl (C=O) groups is 2. The summed E-state index contributed by atoms with van der Waals surface area (Å²) >= 11 is 1.45. The van der Waals surface area contributed by atoms with Gasteiger partial charge in [-0.3, -0.25) is 4.79 Å². The van der Waals surface area contributed by atoms with E-state index in [1.54, 1.807) is 20.8 Å². The summed E-state index contributed by atoms with van der Waals surface area (Å²) in [5, 5.41) is 3.22. The molecule has 30 heavy (non-hydrogen) atoms. The number of carbonyl (C=O) groups excluding carboxylic acids is 2. The van der Waals surface area contributed by atoms with Crippen molar-refractivity contribution in [2.24, 2.45) is 16.8 Å². The molecule has 0 aromatic carbocycles. The van der Waals surface area contributed by atoms with E-state index in [0.717, 1.165) is 12.3 Å². The van der Waals surface area contributed by atoms with Gasteiger partial charge in [0.15, 0.2) is 15.0 Å². The molecule has 168 valence electrons. The van der Waals surface area contributed by atoms with Crippen molar-refractivity contribution >= 4 is 38.8 Å². The largest absolute Gasteiger partial charge is 0.444 e. The van der Waals surface area contributed by atoms with Crippen LogP contribution < -0.4 is 5.32 Å². The van der Waals surface area contributed by atoms with Crippen LogP contribution in [0.2, 0.25) is 0 Å². The van der Waals surface area contributed by atoms with Gasteiger partial charge in [-0.2, -0.15) is 4.99 Å². The van der Waals surface area contributed by atoms with Gasteiger partial charge in [-0.1, -0.05) is 18.2 Å². The van der Waals surface area contributed by atoms with Gasteiger partial charge >= 0.3 is 6.09 Å². The molecule has 8 nitrogen and oxygen atoms in total. The zero-order chi connectivity index (χ0) is 21.7. The predicted octanol–water partition coefficient (Wildman–Crippen LogP) is 2.19. The summed E-state index contributed by atoms with van der Waals surface area (Å²) < 4.78 is 29.6. The van der Waals surface area contributed by atoms with Gasteiger partial charge in [0.1, 0.15) is 5.60 Å². The molecule has 2 saturated heterocycles. The van der Waals surface area contributed by atoms with Crippen LogP contribution in [0.1, 0.15) is 52.9 Å². The number of hydrogen-bond donors (Lipinski definition) is 1. The molecule has 0 aromatic rings. The predicted molar refractivity (Wildman–Crippen MR) is 116 cm³/mol. The molecule has 0 spiro atoms. The lowest BCUT2D eigenvalue weighted by molar-refractivity contribution is -0.117. The third-order valence-corrected chi connectivity index (χ3v) is 9.62. The van der Waals surface area contributed by atoms with Crippen LogP contribution in [0.5, 0.6) is 0 Å². The lowest BCUT2D eigenvalue weighted by atomic mass is 9.93. The Kier molecular flexibility index (Phi) is 5.85. The molecule has 1 N–H and O–H groups in total. The van der Waals surface area contributed by atoms with Crippen molar-refractivity contribution in [2.45, 2.75) is 75.8 Å². The second-order valence-corrected chi connectivity index (χ2v) is 13.3. The fourth-order valence-corrected chi connectivity index (χ4v) is 9.27. The number of nitrogens with one attached hydrogen (secondary N) is 1. The van der Waals surface area contributed by atoms with Gasteiger partial charge in [0.05, 0.1) is 17.5 Å². The van der Waals surface area contributed by atoms with Crippen LogP contribution >= 0.6 is 11.8 Å². The third kappa shape index (κ3) is 4.79. The summed E-state index contributed by atoms with van der Waals surface area (Å²) in [7, 11) is -3.04. The number of nitrogens with zero attached hydrogens (tertiary/aromatic N) is 2. The molecule has 2 bridgehead atoms. The number of amides is 2. The minimum Gasteiger partial charge on any atom is -0.444 e. The minimum atomic E-state index is -3.04. The fourth-order valence-electron chi connectivity index (χ4n) is 5.28. The molecule has 5 atom stereocenters. The second-order valence-electron chi connectivity index (χ2n) is 9.92. The van der Waals surface area contributed by atoms with E-state index in [4.69, 9.17) is 4.74 Å². The number of alkyl carbamates (subject to hydrolysis) is 1. The zero-order valence-electron chi connectivity index (χ0n) is 17.8. The maximum atomic E-state index is 12.5. The Morgan fingerprint density at radius 3 is 2.60 bits per heavy atom. The molecular weight excluding hydrogens is 426 g/mol. The Morgan fingerprint density at radius 1 is 1.20 bits per heavy atom. The summed E-state index contributed by atoms with van der Waals surface area (Å²) in [6, 6.07) is 0.224. The number of hydrogen-bond acceptors (Lipinski definition) is 6. The van der Waals surface area contributed by atoms with Crippen LogP contribution in [0.25, 0.3) is 0 Å². The van der Waals surface area contributed by atoms with Crippen molar-refractivity contribution in [2.75, 3.05) is 18.1 Å². The van der Waals surface area contributed by atoms with Crippen LogP contribution in [0.3, 0.4) is 0 Å². The second kappa shape index (κ2) is 8.00. The van der Waals surface area contributed by atoms with E-state index >= 15 is 0 Å². The molecule has 10 heteroatoms. The van der Waals surface area contributed by atoms with E-state index in [1.807, 2.05) is 0 Å². The highest BCUT2D eigenvalue weighted by Gasteiger charge is 2.54. The first-order valence-corrected chi connectivity index (χ1v) is 13.4. The smallest absolute Gasteiger partial charge is 0.407 e. The van der Waals surface area contributed by atoms with E-state index in [0.29, 0.717) is 17.1 Å². The summed E-state index contributed by atoms with van der Waals surface area (Å²) in [4.78, 5) is 30.8. The van der Waals surface area contributed by atoms with Crippen LogP contribution in [-0.2, 0) is 19.4 Å². The van der Waals surface area contributed by atoms with Gasteiger partial charge in [-0.25, -0.2) is 13.2 Å². The standard InChI is InChI=1S/C20H31N3O5S2/c1-20(2,3)28-19(25)21-7-6-17(24)22-18-23(14-9-12-4-5-13(14)8-12)15-10-30(26,27)11-16(15)29-18/h12-16H,4-11H2,1-3H3,(H,21,25)/t12-,13-,14-,15-,16+/m0/s1. The van der Waals surface area contributed by atoms with Gasteiger partial charge in [-0.05, 0) is 51.9 Å². The van der Waals surface area contributed by atoms with Crippen LogP contribution in [0, 0.1) is 11.8 Å². The molecule has 2 saturated carbocycles. The average Bonchev–Trinajstić information content (AvgIpc) is 3.32. The first-order valence-electron chi connectivity index (χ1n) is 10.7. The van der Waals surface area contributed by atoms with Gasteiger partial charge in [0, 0.05) is 24.3 Å². The van der Waals surface area contributed by atoms with Crippen molar-refractivity contribution in [3.05, 3.63) is 0 Å². The Labute approximate surface area is 182 Å². The molecule has 4 rings (SSSR count). The van der Waals surface area contributed by atoms with Gasteiger partial charge in [-0.15, -0.1) is 0 Å². The molecule has 4 fully saturated rings. The molecule has 0 unspecified atom stereocenters. The molecule has 2 amide bonds.